The number of amides is 3. The second-order valence-corrected chi connectivity index (χ2v) is 12.8. The molecule has 3 aromatic rings. The van der Waals surface area contributed by atoms with Gasteiger partial charge in [-0.2, -0.15) is 0 Å². The van der Waals surface area contributed by atoms with Gasteiger partial charge in [0.15, 0.2) is 0 Å². The first-order valence-corrected chi connectivity index (χ1v) is 14.7. The first kappa shape index (κ1) is 29.8. The Labute approximate surface area is 246 Å². The maximum atomic E-state index is 13.8. The summed E-state index contributed by atoms with van der Waals surface area (Å²) < 4.78 is 0.501. The molecule has 1 unspecified atom stereocenters. The molecule has 1 aliphatic rings. The molecule has 0 saturated carbocycles. The van der Waals surface area contributed by atoms with Gasteiger partial charge in [-0.05, 0) is 58.5 Å². The van der Waals surface area contributed by atoms with Crippen molar-refractivity contribution in [2.24, 2.45) is 5.41 Å². The number of thiazole rings is 1. The highest BCUT2D eigenvalue weighted by Crippen LogP contribution is 2.29. The molecule has 1 aromatic carbocycles. The summed E-state index contributed by atoms with van der Waals surface area (Å²) in [6, 6.07) is 8.98. The van der Waals surface area contributed by atoms with Gasteiger partial charge in [-0.15, -0.1) is 11.3 Å². The lowest BCUT2D eigenvalue weighted by Crippen LogP contribution is -2.57. The van der Waals surface area contributed by atoms with Gasteiger partial charge in [0.25, 0.3) is 5.91 Å². The fourth-order valence-electron chi connectivity index (χ4n) is 4.77. The number of nitrogens with zero attached hydrogens (tertiary/aromatic N) is 3. The van der Waals surface area contributed by atoms with Crippen LogP contribution in [0.2, 0.25) is 0 Å². The largest absolute Gasteiger partial charge is 0.391 e. The number of aryl methyl sites for hydroxylation is 1. The normalized spacial score (nSPS) is 18.7. The van der Waals surface area contributed by atoms with E-state index in [1.54, 1.807) is 23.5 Å². The number of hydrogen-bond donors (Lipinski definition) is 3. The third-order valence-electron chi connectivity index (χ3n) is 7.02. The lowest BCUT2D eigenvalue weighted by molar-refractivity contribution is -0.142. The van der Waals surface area contributed by atoms with E-state index in [1.807, 2.05) is 64.4 Å². The number of hydrogen-bond acceptors (Lipinski definition) is 7. The number of β-amino-alcohol motifs (C(OH)–C–C–N with tert-alkyl or cyclic N) is 1. The van der Waals surface area contributed by atoms with Crippen LogP contribution >= 0.6 is 27.3 Å². The molecule has 0 bridgehead atoms. The number of rotatable bonds is 7. The highest BCUT2D eigenvalue weighted by molar-refractivity contribution is 9.10. The van der Waals surface area contributed by atoms with Gasteiger partial charge in [0.1, 0.15) is 16.7 Å². The van der Waals surface area contributed by atoms with Gasteiger partial charge < -0.3 is 20.6 Å². The van der Waals surface area contributed by atoms with Crippen molar-refractivity contribution in [3.8, 4) is 10.4 Å². The third kappa shape index (κ3) is 6.76. The van der Waals surface area contributed by atoms with Gasteiger partial charge in [-0.3, -0.25) is 14.4 Å². The van der Waals surface area contributed by atoms with Crippen LogP contribution in [-0.4, -0.2) is 62.4 Å². The second-order valence-electron chi connectivity index (χ2n) is 11.2. The van der Waals surface area contributed by atoms with Crippen molar-refractivity contribution in [2.75, 3.05) is 6.54 Å². The fourth-order valence-corrected chi connectivity index (χ4v) is 5.95. The van der Waals surface area contributed by atoms with Crippen molar-refractivity contribution >= 4 is 45.0 Å². The van der Waals surface area contributed by atoms with Crippen molar-refractivity contribution in [3.05, 3.63) is 69.5 Å². The van der Waals surface area contributed by atoms with Crippen LogP contribution in [0.25, 0.3) is 10.4 Å². The zero-order valence-electron chi connectivity index (χ0n) is 23.1. The van der Waals surface area contributed by atoms with E-state index in [2.05, 4.69) is 36.5 Å². The molecular weight excluding hydrogens is 594 g/mol. The standard InChI is InChI=1S/C29H34BrN5O4S/c1-16(18-6-8-19(9-7-18)24-17(2)32-15-40-24)33-27(38)22-13-21(36)14-35(22)28(39)25(29(3,4)5)34-26(37)20-10-11-31-23(30)12-20/h6-12,15-16,21-22,25,36H,13-14H2,1-5H3,(H,33,38)(H,34,37)/t16-,21+,22-,25?/m0/s1. The molecule has 0 spiro atoms. The average molecular weight is 629 g/mol. The second kappa shape index (κ2) is 12.2. The molecule has 9 nitrogen and oxygen atoms in total. The smallest absolute Gasteiger partial charge is 0.252 e. The predicted octanol–water partition coefficient (Wildman–Crippen LogP) is 4.26. The van der Waals surface area contributed by atoms with Gasteiger partial charge in [0, 0.05) is 24.7 Å². The first-order valence-electron chi connectivity index (χ1n) is 13.1. The molecule has 0 aliphatic carbocycles. The molecule has 0 radical (unpaired) electrons. The van der Waals surface area contributed by atoms with E-state index in [1.165, 1.54) is 11.1 Å². The number of benzene rings is 1. The summed E-state index contributed by atoms with van der Waals surface area (Å²) in [6.45, 7) is 9.41. The topological polar surface area (TPSA) is 125 Å². The van der Waals surface area contributed by atoms with E-state index in [-0.39, 0.29) is 24.9 Å². The molecule has 1 aliphatic heterocycles. The van der Waals surface area contributed by atoms with Crippen molar-refractivity contribution in [1.82, 2.24) is 25.5 Å². The van der Waals surface area contributed by atoms with E-state index in [9.17, 15) is 19.5 Å². The fraction of sp³-hybridized carbons (Fsp3) is 0.414. The van der Waals surface area contributed by atoms with Crippen molar-refractivity contribution in [1.29, 1.82) is 0 Å². The lowest BCUT2D eigenvalue weighted by atomic mass is 9.85. The van der Waals surface area contributed by atoms with E-state index >= 15 is 0 Å². The van der Waals surface area contributed by atoms with E-state index in [4.69, 9.17) is 0 Å². The lowest BCUT2D eigenvalue weighted by Gasteiger charge is -2.35. The van der Waals surface area contributed by atoms with E-state index in [0.29, 0.717) is 10.2 Å². The van der Waals surface area contributed by atoms with E-state index < -0.39 is 35.4 Å². The molecule has 3 N–H and O–H groups in total. The number of likely N-dealkylation sites (tertiary alicyclic amines) is 1. The monoisotopic (exact) mass is 627 g/mol. The summed E-state index contributed by atoms with van der Waals surface area (Å²) in [6.07, 6.45) is 0.777. The van der Waals surface area contributed by atoms with Gasteiger partial charge in [-0.25, -0.2) is 9.97 Å². The Morgan fingerprint density at radius 2 is 1.82 bits per heavy atom. The van der Waals surface area contributed by atoms with Crippen molar-refractivity contribution < 1.29 is 19.5 Å². The molecule has 1 saturated heterocycles. The van der Waals surface area contributed by atoms with Gasteiger partial charge >= 0.3 is 0 Å². The number of aromatic nitrogens is 2. The first-order chi connectivity index (χ1) is 18.8. The number of halogens is 1. The number of carbonyl (C=O) groups is 3. The molecule has 40 heavy (non-hydrogen) atoms. The zero-order chi connectivity index (χ0) is 29.2. The molecule has 4 rings (SSSR count). The van der Waals surface area contributed by atoms with Crippen LogP contribution in [0.15, 0.2) is 52.7 Å². The molecular formula is C29H34BrN5O4S. The van der Waals surface area contributed by atoms with Crippen LogP contribution in [-0.2, 0) is 9.59 Å². The Balaban J connectivity index is 1.48. The Kier molecular flexibility index (Phi) is 9.06. The minimum Gasteiger partial charge on any atom is -0.391 e. The maximum Gasteiger partial charge on any atom is 0.252 e. The van der Waals surface area contributed by atoms with Gasteiger partial charge in [-0.1, -0.05) is 45.0 Å². The van der Waals surface area contributed by atoms with Crippen LogP contribution in [0.1, 0.15) is 61.8 Å². The quantitative estimate of drug-likeness (QED) is 0.336. The zero-order valence-corrected chi connectivity index (χ0v) is 25.5. The molecule has 2 aromatic heterocycles. The number of carbonyl (C=O) groups excluding carboxylic acids is 3. The van der Waals surface area contributed by atoms with Crippen LogP contribution < -0.4 is 10.6 Å². The highest BCUT2D eigenvalue weighted by atomic mass is 79.9. The average Bonchev–Trinajstić information content (AvgIpc) is 3.51. The Bertz CT molecular complexity index is 1390. The summed E-state index contributed by atoms with van der Waals surface area (Å²) >= 11 is 4.84. The van der Waals surface area contributed by atoms with Crippen LogP contribution in [0, 0.1) is 12.3 Å². The Hall–Kier alpha value is -3.15. The molecule has 3 heterocycles. The minimum absolute atomic E-state index is 0.0114. The molecule has 11 heteroatoms. The summed E-state index contributed by atoms with van der Waals surface area (Å²) in [5.74, 6) is -1.19. The molecule has 3 amide bonds. The van der Waals surface area contributed by atoms with Gasteiger partial charge in [0.05, 0.1) is 28.2 Å². The molecule has 1 fully saturated rings. The van der Waals surface area contributed by atoms with Crippen LogP contribution in [0.5, 0.6) is 0 Å². The maximum absolute atomic E-state index is 13.8. The summed E-state index contributed by atoms with van der Waals surface area (Å²) in [4.78, 5) is 51.1. The van der Waals surface area contributed by atoms with E-state index in [0.717, 1.165) is 21.7 Å². The minimum atomic E-state index is -0.923. The Morgan fingerprint density at radius 3 is 2.42 bits per heavy atom. The predicted molar refractivity (Wildman–Crippen MR) is 158 cm³/mol. The highest BCUT2D eigenvalue weighted by Gasteiger charge is 2.44. The number of aliphatic hydroxyl groups is 1. The number of aliphatic hydroxyl groups excluding tert-OH is 1. The Morgan fingerprint density at radius 1 is 1.12 bits per heavy atom. The third-order valence-corrected chi connectivity index (χ3v) is 8.43. The number of nitrogens with one attached hydrogen (secondary N) is 2. The van der Waals surface area contributed by atoms with Crippen LogP contribution in [0.4, 0.5) is 0 Å². The summed E-state index contributed by atoms with van der Waals surface area (Å²) in [7, 11) is 0. The number of pyridine rings is 1. The van der Waals surface area contributed by atoms with Crippen molar-refractivity contribution in [3.63, 3.8) is 0 Å². The summed E-state index contributed by atoms with van der Waals surface area (Å²) in [5, 5.41) is 16.3. The molecule has 4 atom stereocenters. The van der Waals surface area contributed by atoms with Crippen LogP contribution in [0.3, 0.4) is 0 Å². The van der Waals surface area contributed by atoms with Gasteiger partial charge in [0.2, 0.25) is 11.8 Å². The summed E-state index contributed by atoms with van der Waals surface area (Å²) in [5.41, 5.74) is 4.47. The SMILES string of the molecule is Cc1ncsc1-c1ccc([C@H](C)NC(=O)[C@@H]2C[C@@H](O)CN2C(=O)C(NC(=O)c2ccnc(Br)c2)C(C)(C)C)cc1. The molecule has 212 valence electrons. The van der Waals surface area contributed by atoms with Crippen molar-refractivity contribution in [2.45, 2.75) is 65.3 Å².